The zero-order chi connectivity index (χ0) is 20.8. The maximum Gasteiger partial charge on any atom is 0.257 e. The molecule has 0 bridgehead atoms. The van der Waals surface area contributed by atoms with Crippen LogP contribution in [0.4, 0.5) is 0 Å². The lowest BCUT2D eigenvalue weighted by Crippen LogP contribution is -2.42. The van der Waals surface area contributed by atoms with Crippen LogP contribution in [0.15, 0.2) is 73.1 Å². The molecule has 1 aromatic heterocycles. The zero-order valence-corrected chi connectivity index (χ0v) is 16.9. The van der Waals surface area contributed by atoms with E-state index in [0.717, 1.165) is 11.1 Å². The van der Waals surface area contributed by atoms with Gasteiger partial charge in [-0.1, -0.05) is 60.7 Å². The molecule has 6 nitrogen and oxygen atoms in total. The van der Waals surface area contributed by atoms with Gasteiger partial charge in [-0.3, -0.25) is 14.3 Å². The lowest BCUT2D eigenvalue weighted by atomic mass is 9.95. The Kier molecular flexibility index (Phi) is 6.23. The van der Waals surface area contributed by atoms with E-state index in [2.05, 4.69) is 10.4 Å². The fourth-order valence-electron chi connectivity index (χ4n) is 3.79. The Morgan fingerprint density at radius 2 is 1.57 bits per heavy atom. The van der Waals surface area contributed by atoms with Gasteiger partial charge in [-0.25, -0.2) is 0 Å². The van der Waals surface area contributed by atoms with Gasteiger partial charge in [0.25, 0.3) is 5.91 Å². The minimum atomic E-state index is -0.0430. The first-order valence-electron chi connectivity index (χ1n) is 10.4. The molecule has 1 aliphatic rings. The highest BCUT2D eigenvalue weighted by Gasteiger charge is 2.28. The standard InChI is InChI=1S/C24H26N4O2/c29-23(25-15-19-7-3-1-4-8-19)21-11-13-27(14-12-21)24(30)22-16-26-28(18-22)17-20-9-5-2-6-10-20/h1-10,16,18,21H,11-15,17H2,(H,25,29). The first-order chi connectivity index (χ1) is 14.7. The number of aromatic nitrogens is 2. The molecule has 0 saturated carbocycles. The van der Waals surface area contributed by atoms with Gasteiger partial charge >= 0.3 is 0 Å². The summed E-state index contributed by atoms with van der Waals surface area (Å²) in [5.74, 6) is 0.0117. The summed E-state index contributed by atoms with van der Waals surface area (Å²) >= 11 is 0. The predicted octanol–water partition coefficient (Wildman–Crippen LogP) is 3.10. The Morgan fingerprint density at radius 1 is 0.933 bits per heavy atom. The number of piperidine rings is 1. The lowest BCUT2D eigenvalue weighted by molar-refractivity contribution is -0.126. The molecule has 0 unspecified atom stereocenters. The van der Waals surface area contributed by atoms with E-state index in [1.165, 1.54) is 0 Å². The molecule has 154 valence electrons. The average molecular weight is 402 g/mol. The van der Waals surface area contributed by atoms with Crippen molar-refractivity contribution in [1.82, 2.24) is 20.0 Å². The summed E-state index contributed by atoms with van der Waals surface area (Å²) in [6.07, 6.45) is 4.80. The monoisotopic (exact) mass is 402 g/mol. The Hall–Kier alpha value is -3.41. The van der Waals surface area contributed by atoms with E-state index in [4.69, 9.17) is 0 Å². The van der Waals surface area contributed by atoms with E-state index in [1.54, 1.807) is 17.1 Å². The zero-order valence-electron chi connectivity index (χ0n) is 16.9. The Labute approximate surface area is 176 Å². The second-order valence-electron chi connectivity index (χ2n) is 7.68. The highest BCUT2D eigenvalue weighted by Crippen LogP contribution is 2.19. The first kappa shape index (κ1) is 19.9. The fourth-order valence-corrected chi connectivity index (χ4v) is 3.79. The van der Waals surface area contributed by atoms with Crippen LogP contribution in [0.5, 0.6) is 0 Å². The average Bonchev–Trinajstić information content (AvgIpc) is 3.27. The normalized spacial score (nSPS) is 14.5. The van der Waals surface area contributed by atoms with Crippen LogP contribution in [0.1, 0.15) is 34.3 Å². The number of benzene rings is 2. The summed E-state index contributed by atoms with van der Waals surface area (Å²) in [7, 11) is 0. The van der Waals surface area contributed by atoms with Gasteiger partial charge in [0.1, 0.15) is 0 Å². The highest BCUT2D eigenvalue weighted by atomic mass is 16.2. The summed E-state index contributed by atoms with van der Waals surface area (Å²) in [6.45, 7) is 2.36. The third-order valence-electron chi connectivity index (χ3n) is 5.53. The molecule has 2 aromatic carbocycles. The van der Waals surface area contributed by atoms with Crippen LogP contribution in [0.2, 0.25) is 0 Å². The minimum absolute atomic E-state index is 0.0162. The van der Waals surface area contributed by atoms with Gasteiger partial charge in [-0.2, -0.15) is 5.10 Å². The molecule has 0 aliphatic carbocycles. The van der Waals surface area contributed by atoms with Crippen LogP contribution in [0, 0.1) is 5.92 Å². The maximum atomic E-state index is 12.8. The van der Waals surface area contributed by atoms with Gasteiger partial charge in [0.2, 0.25) is 5.91 Å². The van der Waals surface area contributed by atoms with Crippen molar-refractivity contribution in [3.8, 4) is 0 Å². The van der Waals surface area contributed by atoms with Crippen molar-refractivity contribution in [2.24, 2.45) is 5.92 Å². The van der Waals surface area contributed by atoms with E-state index in [9.17, 15) is 9.59 Å². The number of carbonyl (C=O) groups excluding carboxylic acids is 2. The summed E-state index contributed by atoms with van der Waals surface area (Å²) in [5, 5.41) is 7.34. The summed E-state index contributed by atoms with van der Waals surface area (Å²) in [5.41, 5.74) is 2.82. The number of amides is 2. The van der Waals surface area contributed by atoms with Crippen LogP contribution >= 0.6 is 0 Å². The molecule has 0 spiro atoms. The second kappa shape index (κ2) is 9.39. The number of rotatable bonds is 6. The SMILES string of the molecule is O=C(NCc1ccccc1)C1CCN(C(=O)c2cnn(Cc3ccccc3)c2)CC1. The summed E-state index contributed by atoms with van der Waals surface area (Å²) in [6, 6.07) is 19.9. The maximum absolute atomic E-state index is 12.8. The molecule has 4 rings (SSSR count). The van der Waals surface area contributed by atoms with E-state index < -0.39 is 0 Å². The fraction of sp³-hybridized carbons (Fsp3) is 0.292. The van der Waals surface area contributed by atoms with Crippen LogP contribution < -0.4 is 5.32 Å². The van der Waals surface area contributed by atoms with E-state index in [1.807, 2.05) is 65.6 Å². The van der Waals surface area contributed by atoms with Crippen LogP contribution in [-0.4, -0.2) is 39.6 Å². The first-order valence-corrected chi connectivity index (χ1v) is 10.4. The summed E-state index contributed by atoms with van der Waals surface area (Å²) < 4.78 is 1.78. The van der Waals surface area contributed by atoms with Crippen molar-refractivity contribution in [1.29, 1.82) is 0 Å². The number of hydrogen-bond acceptors (Lipinski definition) is 3. The van der Waals surface area contributed by atoms with Crippen molar-refractivity contribution in [2.45, 2.75) is 25.9 Å². The van der Waals surface area contributed by atoms with Gasteiger partial charge in [0, 0.05) is 31.7 Å². The largest absolute Gasteiger partial charge is 0.352 e. The molecule has 1 saturated heterocycles. The van der Waals surface area contributed by atoms with E-state index >= 15 is 0 Å². The molecule has 1 fully saturated rings. The topological polar surface area (TPSA) is 67.2 Å². The molecule has 3 aromatic rings. The molecular weight excluding hydrogens is 376 g/mol. The van der Waals surface area contributed by atoms with Gasteiger partial charge in [0.15, 0.2) is 0 Å². The van der Waals surface area contributed by atoms with Crippen molar-refractivity contribution >= 4 is 11.8 Å². The third kappa shape index (κ3) is 4.95. The molecule has 2 heterocycles. The number of likely N-dealkylation sites (tertiary alicyclic amines) is 1. The van der Waals surface area contributed by atoms with Crippen molar-refractivity contribution < 1.29 is 9.59 Å². The highest BCUT2D eigenvalue weighted by molar-refractivity contribution is 5.94. The Morgan fingerprint density at radius 3 is 2.23 bits per heavy atom. The third-order valence-corrected chi connectivity index (χ3v) is 5.53. The lowest BCUT2D eigenvalue weighted by Gasteiger charge is -2.31. The van der Waals surface area contributed by atoms with Crippen molar-refractivity contribution in [2.75, 3.05) is 13.1 Å². The van der Waals surface area contributed by atoms with Gasteiger partial charge in [0.05, 0.1) is 18.3 Å². The van der Waals surface area contributed by atoms with Crippen molar-refractivity contribution in [3.05, 3.63) is 89.7 Å². The number of hydrogen-bond donors (Lipinski definition) is 1. The molecule has 30 heavy (non-hydrogen) atoms. The molecule has 6 heteroatoms. The van der Waals surface area contributed by atoms with Crippen LogP contribution in [0.25, 0.3) is 0 Å². The molecule has 0 atom stereocenters. The van der Waals surface area contributed by atoms with Crippen molar-refractivity contribution in [3.63, 3.8) is 0 Å². The Bertz CT molecular complexity index is 977. The van der Waals surface area contributed by atoms with E-state index in [-0.39, 0.29) is 17.7 Å². The summed E-state index contributed by atoms with van der Waals surface area (Å²) in [4.78, 5) is 27.1. The number of nitrogens with zero attached hydrogens (tertiary/aromatic N) is 3. The van der Waals surface area contributed by atoms with Crippen LogP contribution in [0.3, 0.4) is 0 Å². The molecule has 1 aliphatic heterocycles. The minimum Gasteiger partial charge on any atom is -0.352 e. The second-order valence-corrected chi connectivity index (χ2v) is 7.68. The molecule has 1 N–H and O–H groups in total. The molecule has 2 amide bonds. The number of carbonyl (C=O) groups is 2. The van der Waals surface area contributed by atoms with Gasteiger partial charge < -0.3 is 10.2 Å². The molecular formula is C24H26N4O2. The quantitative estimate of drug-likeness (QED) is 0.689. The van der Waals surface area contributed by atoms with E-state index in [0.29, 0.717) is 44.6 Å². The van der Waals surface area contributed by atoms with Gasteiger partial charge in [-0.15, -0.1) is 0 Å². The smallest absolute Gasteiger partial charge is 0.257 e. The number of nitrogens with one attached hydrogen (secondary N) is 1. The Balaban J connectivity index is 1.26. The van der Waals surface area contributed by atoms with Crippen LogP contribution in [-0.2, 0) is 17.9 Å². The molecule has 0 radical (unpaired) electrons. The predicted molar refractivity (Wildman–Crippen MR) is 115 cm³/mol. The van der Waals surface area contributed by atoms with Gasteiger partial charge in [-0.05, 0) is 24.0 Å².